The zero-order chi connectivity index (χ0) is 50.8. The Morgan fingerprint density at radius 3 is 0.338 bits per heavy atom. The van der Waals surface area contributed by atoms with Crippen LogP contribution >= 0.6 is 0 Å². The van der Waals surface area contributed by atoms with E-state index in [4.69, 9.17) is 18.9 Å². The molecule has 0 saturated heterocycles. The molecule has 13 heteroatoms. The maximum Gasteiger partial charge on any atom is 1.00 e. The SMILES string of the molecule is CC(C)[Si]([Si-][Si](C(C)C)(C(C)C)C(C)C)(C(C)C)C(C)C.CC(C)[Si]([Si-][Si](C(C)C)(C(C)C)C(C)C)(C(C)C)C(C)C.CCOCC.CCOCC.CCOCC.CCOCC.[Hg].[Li+].[Li+]. The molecule has 0 rings (SSSR count). The van der Waals surface area contributed by atoms with E-state index in [9.17, 15) is 0 Å². The Hall–Kier alpha value is 3.27. The Morgan fingerprint density at radius 1 is 0.231 bits per heavy atom. The van der Waals surface area contributed by atoms with E-state index in [1.54, 1.807) is 0 Å². The number of ether oxygens (including phenoxy) is 4. The first-order valence-corrected chi connectivity index (χ1v) is 41.2. The average molecular weight is 1200 g/mol. The summed E-state index contributed by atoms with van der Waals surface area (Å²) in [4.78, 5) is 0. The monoisotopic (exact) mass is 1200 g/mol. The predicted octanol–water partition coefficient (Wildman–Crippen LogP) is 12.3. The molecule has 0 aliphatic heterocycles. The molecule has 0 unspecified atom stereocenters. The molecule has 0 heterocycles. The Bertz CT molecular complexity index is 715. The minimum Gasteiger partial charge on any atom is -0.422 e. The molecule has 0 aliphatic carbocycles. The Labute approximate surface area is 468 Å². The van der Waals surface area contributed by atoms with Crippen molar-refractivity contribution in [1.29, 1.82) is 0 Å². The van der Waals surface area contributed by atoms with Crippen LogP contribution in [0.5, 0.6) is 0 Å². The van der Waals surface area contributed by atoms with Crippen molar-refractivity contribution >= 4 is 47.5 Å². The summed E-state index contributed by atoms with van der Waals surface area (Å²) in [6, 6.07) is 0. The van der Waals surface area contributed by atoms with Crippen LogP contribution < -0.4 is 37.7 Å². The summed E-state index contributed by atoms with van der Waals surface area (Å²) in [7, 11) is -2.42. The maximum absolute atomic E-state index is 4.83. The third-order valence-electron chi connectivity index (χ3n) is 14.0. The van der Waals surface area contributed by atoms with E-state index in [2.05, 4.69) is 166 Å². The van der Waals surface area contributed by atoms with E-state index in [-0.39, 0.29) is 65.4 Å². The van der Waals surface area contributed by atoms with Gasteiger partial charge in [0.1, 0.15) is 0 Å². The van der Waals surface area contributed by atoms with Crippen molar-refractivity contribution in [3.63, 3.8) is 0 Å². The van der Waals surface area contributed by atoms with Gasteiger partial charge in [-0.2, -0.15) is 0 Å². The fourth-order valence-electron chi connectivity index (χ4n) is 11.3. The van der Waals surface area contributed by atoms with Crippen LogP contribution in [0.4, 0.5) is 0 Å². The molecule has 0 bridgehead atoms. The van der Waals surface area contributed by atoms with Crippen LogP contribution in [0.15, 0.2) is 0 Å². The van der Waals surface area contributed by atoms with Crippen LogP contribution in [0, 0.1) is 0 Å². The zero-order valence-corrected chi connectivity index (χ0v) is 63.4. The van der Waals surface area contributed by atoms with Gasteiger partial charge in [0.2, 0.25) is 0 Å². The first kappa shape index (κ1) is 87.9. The molecule has 0 N–H and O–H groups in total. The van der Waals surface area contributed by atoms with Gasteiger partial charge in [0, 0.05) is 80.5 Å². The van der Waals surface area contributed by atoms with Crippen LogP contribution in [-0.4, -0.2) is 100 Å². The molecule has 0 aromatic carbocycles. The molecule has 384 valence electrons. The average Bonchev–Trinajstić information content (AvgIpc) is 3.13. The topological polar surface area (TPSA) is 36.9 Å². The molecule has 0 aromatic rings. The van der Waals surface area contributed by atoms with Crippen LogP contribution in [-0.2, 0) is 46.6 Å². The molecule has 0 amide bonds. The van der Waals surface area contributed by atoms with Crippen molar-refractivity contribution < 1.29 is 84.3 Å². The summed E-state index contributed by atoms with van der Waals surface area (Å²) < 4.78 is 19.3. The van der Waals surface area contributed by atoms with E-state index in [1.165, 1.54) is 17.1 Å². The molecule has 0 saturated carbocycles. The van der Waals surface area contributed by atoms with Crippen molar-refractivity contribution in [3.05, 3.63) is 0 Å². The number of rotatable bonds is 24. The fourth-order valence-corrected chi connectivity index (χ4v) is 91.8. The van der Waals surface area contributed by atoms with Gasteiger partial charge < -0.3 is 36.1 Å². The summed E-state index contributed by atoms with van der Waals surface area (Å²) in [5, 5.41) is 0. The summed E-state index contributed by atoms with van der Waals surface area (Å²) in [6.07, 6.45) is 0. The maximum atomic E-state index is 4.83. The third kappa shape index (κ3) is 31.6. The summed E-state index contributed by atoms with van der Waals surface area (Å²) >= 11 is 0. The van der Waals surface area contributed by atoms with Gasteiger partial charge in [-0.25, -0.2) is 0 Å². The summed E-state index contributed by atoms with van der Waals surface area (Å²) in [5.41, 5.74) is 11.0. The van der Waals surface area contributed by atoms with Gasteiger partial charge in [-0.15, -0.1) is 30.4 Å². The van der Waals surface area contributed by atoms with Gasteiger partial charge in [0.15, 0.2) is 0 Å². The standard InChI is InChI=1S/2C18H42Si3.4C4H10O.Hg.2Li/c2*1-13(2)20(14(3)4,15(5)6)19-21(16(7)8,17(9)10)18(11)12;4*1-3-5-4-2;;;/h2*13-18H,1-12H3;4*3-4H2,1-2H3;;;/q2*-1;;;;;;2*+1. The molecule has 2 radical (unpaired) electrons. The second-order valence-corrected chi connectivity index (χ2v) is 59.2. The molecule has 4 nitrogen and oxygen atoms in total. The van der Waals surface area contributed by atoms with Crippen LogP contribution in [0.1, 0.15) is 222 Å². The molecule has 0 aromatic heterocycles. The normalized spacial score (nSPS) is 12.0. The zero-order valence-electron chi connectivity index (χ0n) is 51.9. The second kappa shape index (κ2) is 49.5. The van der Waals surface area contributed by atoms with Crippen LogP contribution in [0.2, 0.25) is 66.5 Å². The molecular weight excluding hydrogens is 1070 g/mol. The molecule has 0 atom stereocenters. The van der Waals surface area contributed by atoms with E-state index in [1.807, 2.05) is 55.4 Å². The third-order valence-corrected chi connectivity index (χ3v) is 80.2. The smallest absolute Gasteiger partial charge is 0.422 e. The van der Waals surface area contributed by atoms with Gasteiger partial charge in [-0.3, -0.25) is 0 Å². The largest absolute Gasteiger partial charge is 1.00 e. The minimum absolute atomic E-state index is 0. The van der Waals surface area contributed by atoms with Gasteiger partial charge in [-0.1, -0.05) is 233 Å². The van der Waals surface area contributed by atoms with Crippen molar-refractivity contribution in [1.82, 2.24) is 0 Å². The summed E-state index contributed by atoms with van der Waals surface area (Å²) in [6.45, 7) is 83.7. The van der Waals surface area contributed by atoms with Crippen LogP contribution in [0.25, 0.3) is 0 Å². The number of hydrogen-bond acceptors (Lipinski definition) is 4. The Kier molecular flexibility index (Phi) is 66.9. The fraction of sp³-hybridized carbons (Fsp3) is 1.00. The summed E-state index contributed by atoms with van der Waals surface area (Å²) in [5.74, 6) is 0. The van der Waals surface area contributed by atoms with Gasteiger partial charge in [0.25, 0.3) is 0 Å². The van der Waals surface area contributed by atoms with Crippen LogP contribution in [0.3, 0.4) is 0 Å². The molecule has 65 heavy (non-hydrogen) atoms. The van der Waals surface area contributed by atoms with Gasteiger partial charge >= 0.3 is 37.7 Å². The van der Waals surface area contributed by atoms with Gasteiger partial charge in [-0.05, 0) is 55.4 Å². The van der Waals surface area contributed by atoms with Gasteiger partial charge in [0.05, 0.1) is 0 Å². The molecule has 0 aliphatic rings. The van der Waals surface area contributed by atoms with Crippen molar-refractivity contribution in [2.45, 2.75) is 288 Å². The first-order valence-electron chi connectivity index (χ1n) is 26.3. The predicted molar refractivity (Wildman–Crippen MR) is 304 cm³/mol. The molecule has 0 fully saturated rings. The Morgan fingerprint density at radius 2 is 0.308 bits per heavy atom. The van der Waals surface area contributed by atoms with E-state index >= 15 is 0 Å². The quantitative estimate of drug-likeness (QED) is 0.0903. The molecule has 0 spiro atoms. The van der Waals surface area contributed by atoms with E-state index < -0.39 is 30.4 Å². The van der Waals surface area contributed by atoms with E-state index in [0.29, 0.717) is 0 Å². The first-order chi connectivity index (χ1) is 28.4. The van der Waals surface area contributed by atoms with Crippen molar-refractivity contribution in [2.24, 2.45) is 0 Å². The Balaban J connectivity index is -0.0000000941. The molecular formula is C52H124HgLi2O4Si6. The number of hydrogen-bond donors (Lipinski definition) is 0. The minimum atomic E-state index is -1.26. The van der Waals surface area contributed by atoms with Crippen molar-refractivity contribution in [3.8, 4) is 0 Å². The second-order valence-electron chi connectivity index (χ2n) is 21.0. The van der Waals surface area contributed by atoms with E-state index in [0.717, 1.165) is 119 Å². The van der Waals surface area contributed by atoms with Crippen molar-refractivity contribution in [2.75, 3.05) is 52.9 Å².